The fourth-order valence-electron chi connectivity index (χ4n) is 1.13. The summed E-state index contributed by atoms with van der Waals surface area (Å²) < 4.78 is 0. The van der Waals surface area contributed by atoms with E-state index < -0.39 is 4.92 Å². The van der Waals surface area contributed by atoms with Crippen molar-refractivity contribution in [3.63, 3.8) is 0 Å². The van der Waals surface area contributed by atoms with Crippen molar-refractivity contribution in [1.82, 2.24) is 0 Å². The first-order valence-corrected chi connectivity index (χ1v) is 5.96. The zero-order valence-corrected chi connectivity index (χ0v) is 10.0. The van der Waals surface area contributed by atoms with Crippen LogP contribution in [0.4, 0.5) is 0 Å². The molecule has 0 aromatic heterocycles. The van der Waals surface area contributed by atoms with E-state index in [1.807, 2.05) is 30.3 Å². The Morgan fingerprint density at radius 2 is 2.18 bits per heavy atom. The fourth-order valence-corrected chi connectivity index (χ4v) is 2.00. The molecule has 1 rings (SSSR count). The van der Waals surface area contributed by atoms with E-state index in [0.717, 1.165) is 5.56 Å². The van der Waals surface area contributed by atoms with Crippen LogP contribution in [-0.4, -0.2) is 23.1 Å². The third kappa shape index (κ3) is 5.73. The van der Waals surface area contributed by atoms with Gasteiger partial charge in [0, 0.05) is 10.7 Å². The number of thioether (sulfide) groups is 1. The van der Waals surface area contributed by atoms with Crippen molar-refractivity contribution in [3.8, 4) is 12.3 Å². The van der Waals surface area contributed by atoms with E-state index in [0.29, 0.717) is 10.8 Å². The predicted molar refractivity (Wildman–Crippen MR) is 70.7 cm³/mol. The minimum absolute atomic E-state index is 0.185. The molecule has 1 aromatic carbocycles. The molecule has 0 radical (unpaired) electrons. The fraction of sp³-hybridized carbons (Fsp3) is 0.250. The molecule has 0 bridgehead atoms. The molecule has 1 aromatic rings. The third-order valence-corrected chi connectivity index (χ3v) is 2.93. The highest BCUT2D eigenvalue weighted by atomic mass is 32.2. The molecule has 0 aliphatic carbocycles. The summed E-state index contributed by atoms with van der Waals surface area (Å²) in [6.07, 6.45) is 5.08. The van der Waals surface area contributed by atoms with Crippen molar-refractivity contribution in [2.75, 3.05) is 13.1 Å². The molecule has 0 heterocycles. The molecule has 88 valence electrons. The number of terminal acetylenes is 1. The minimum atomic E-state index is -0.395. The molecular formula is C12H12N2O2S. The first-order valence-electron chi connectivity index (χ1n) is 4.97. The molecule has 0 aliphatic heterocycles. The molecule has 0 unspecified atom stereocenters. The minimum Gasteiger partial charge on any atom is -0.264 e. The monoisotopic (exact) mass is 248 g/mol. The molecule has 4 nitrogen and oxygen atoms in total. The molecule has 17 heavy (non-hydrogen) atoms. The molecule has 0 N–H and O–H groups in total. The number of hydrogen-bond acceptors (Lipinski definition) is 4. The summed E-state index contributed by atoms with van der Waals surface area (Å²) in [5.41, 5.74) is 1.11. The lowest BCUT2D eigenvalue weighted by Crippen LogP contribution is -2.11. The van der Waals surface area contributed by atoms with Crippen LogP contribution < -0.4 is 0 Å². The van der Waals surface area contributed by atoms with Gasteiger partial charge in [-0.2, -0.15) is 0 Å². The standard InChI is InChI=1S/C12H12N2O2S/c1-2-8-13-12(9-14(15)16)17-10-11-6-4-3-5-7-11/h1,3-7H,8-10H2. The molecule has 0 saturated heterocycles. The van der Waals surface area contributed by atoms with Crippen molar-refractivity contribution in [3.05, 3.63) is 46.0 Å². The highest BCUT2D eigenvalue weighted by Gasteiger charge is 2.08. The Hall–Kier alpha value is -1.80. The molecule has 0 atom stereocenters. The Morgan fingerprint density at radius 1 is 1.47 bits per heavy atom. The molecule has 0 spiro atoms. The second-order valence-corrected chi connectivity index (χ2v) is 4.23. The highest BCUT2D eigenvalue weighted by Crippen LogP contribution is 2.13. The second kappa shape index (κ2) is 7.47. The maximum atomic E-state index is 10.4. The van der Waals surface area contributed by atoms with Gasteiger partial charge in [0.15, 0.2) is 0 Å². The highest BCUT2D eigenvalue weighted by molar-refractivity contribution is 8.13. The number of hydrogen-bond donors (Lipinski definition) is 0. The quantitative estimate of drug-likeness (QED) is 0.264. The van der Waals surface area contributed by atoms with Crippen molar-refractivity contribution in [2.45, 2.75) is 5.75 Å². The van der Waals surface area contributed by atoms with Gasteiger partial charge < -0.3 is 0 Å². The second-order valence-electron chi connectivity index (χ2n) is 3.18. The maximum Gasteiger partial charge on any atom is 0.251 e. The van der Waals surface area contributed by atoms with Gasteiger partial charge in [-0.25, -0.2) is 0 Å². The van der Waals surface area contributed by atoms with E-state index in [2.05, 4.69) is 10.9 Å². The molecule has 0 fully saturated rings. The Bertz CT molecular complexity index is 438. The summed E-state index contributed by atoms with van der Waals surface area (Å²) >= 11 is 1.36. The number of nitro groups is 1. The van der Waals surface area contributed by atoms with E-state index >= 15 is 0 Å². The molecule has 5 heteroatoms. The SMILES string of the molecule is C#CCN=C(C[N+](=O)[O-])SCc1ccccc1. The summed E-state index contributed by atoms with van der Waals surface area (Å²) in [6.45, 7) is -0.0792. The van der Waals surface area contributed by atoms with Gasteiger partial charge in [-0.15, -0.1) is 6.42 Å². The summed E-state index contributed by atoms with van der Waals surface area (Å²) in [4.78, 5) is 14.0. The van der Waals surface area contributed by atoms with Gasteiger partial charge in [0.1, 0.15) is 11.6 Å². The van der Waals surface area contributed by atoms with Crippen LogP contribution in [0, 0.1) is 22.5 Å². The van der Waals surface area contributed by atoms with Crippen LogP contribution in [0.5, 0.6) is 0 Å². The summed E-state index contributed by atoms with van der Waals surface area (Å²) in [6, 6.07) is 9.73. The third-order valence-electron chi connectivity index (χ3n) is 1.86. The van der Waals surface area contributed by atoms with Gasteiger partial charge in [-0.3, -0.25) is 15.1 Å². The van der Waals surface area contributed by atoms with Gasteiger partial charge >= 0.3 is 0 Å². The molecular weight excluding hydrogens is 236 g/mol. The van der Waals surface area contributed by atoms with E-state index in [1.54, 1.807) is 0 Å². The normalized spacial score (nSPS) is 10.9. The Labute approximate surface area is 104 Å². The Morgan fingerprint density at radius 3 is 2.76 bits per heavy atom. The summed E-state index contributed by atoms with van der Waals surface area (Å²) in [5, 5.41) is 10.9. The lowest BCUT2D eigenvalue weighted by atomic mass is 10.2. The number of rotatable bonds is 5. The molecule has 0 aliphatic rings. The van der Waals surface area contributed by atoms with Gasteiger partial charge in [0.25, 0.3) is 6.54 Å². The summed E-state index contributed by atoms with van der Waals surface area (Å²) in [7, 11) is 0. The number of benzene rings is 1. The average molecular weight is 248 g/mol. The van der Waals surface area contributed by atoms with Crippen LogP contribution in [-0.2, 0) is 5.75 Å². The van der Waals surface area contributed by atoms with E-state index in [4.69, 9.17) is 6.42 Å². The van der Waals surface area contributed by atoms with Crippen molar-refractivity contribution in [2.24, 2.45) is 4.99 Å². The first-order chi connectivity index (χ1) is 8.22. The van der Waals surface area contributed by atoms with Gasteiger partial charge in [0.2, 0.25) is 0 Å². The average Bonchev–Trinajstić information content (AvgIpc) is 2.33. The zero-order valence-electron chi connectivity index (χ0n) is 9.20. The number of aliphatic imine (C=N–C) groups is 1. The maximum absolute atomic E-state index is 10.4. The van der Waals surface area contributed by atoms with Gasteiger partial charge in [-0.05, 0) is 5.56 Å². The Balaban J connectivity index is 2.55. The lowest BCUT2D eigenvalue weighted by Gasteiger charge is -2.02. The smallest absolute Gasteiger partial charge is 0.251 e. The molecule has 0 amide bonds. The van der Waals surface area contributed by atoms with Crippen LogP contribution in [0.15, 0.2) is 35.3 Å². The lowest BCUT2D eigenvalue weighted by molar-refractivity contribution is -0.462. The van der Waals surface area contributed by atoms with Crippen LogP contribution in [0.3, 0.4) is 0 Å². The Kier molecular flexibility index (Phi) is 5.83. The largest absolute Gasteiger partial charge is 0.264 e. The van der Waals surface area contributed by atoms with Crippen LogP contribution in [0.1, 0.15) is 5.56 Å². The zero-order chi connectivity index (χ0) is 12.5. The van der Waals surface area contributed by atoms with E-state index in [-0.39, 0.29) is 13.1 Å². The van der Waals surface area contributed by atoms with Crippen molar-refractivity contribution >= 4 is 16.8 Å². The predicted octanol–water partition coefficient (Wildman–Crippen LogP) is 2.23. The topological polar surface area (TPSA) is 55.5 Å². The van der Waals surface area contributed by atoms with Gasteiger partial charge in [0.05, 0.1) is 0 Å². The first kappa shape index (κ1) is 13.3. The van der Waals surface area contributed by atoms with E-state index in [9.17, 15) is 10.1 Å². The molecule has 0 saturated carbocycles. The van der Waals surface area contributed by atoms with E-state index in [1.165, 1.54) is 11.8 Å². The van der Waals surface area contributed by atoms with Crippen LogP contribution in [0.25, 0.3) is 0 Å². The van der Waals surface area contributed by atoms with Crippen LogP contribution >= 0.6 is 11.8 Å². The number of nitrogens with zero attached hydrogens (tertiary/aromatic N) is 2. The van der Waals surface area contributed by atoms with Crippen molar-refractivity contribution < 1.29 is 4.92 Å². The van der Waals surface area contributed by atoms with Crippen molar-refractivity contribution in [1.29, 1.82) is 0 Å². The van der Waals surface area contributed by atoms with Crippen LogP contribution in [0.2, 0.25) is 0 Å². The van der Waals surface area contributed by atoms with Gasteiger partial charge in [-0.1, -0.05) is 48.0 Å². The summed E-state index contributed by atoms with van der Waals surface area (Å²) in [5.74, 6) is 3.01.